The van der Waals surface area contributed by atoms with Gasteiger partial charge in [0.05, 0.1) is 23.8 Å². The zero-order valence-electron chi connectivity index (χ0n) is 15.1. The van der Waals surface area contributed by atoms with Gasteiger partial charge in [0.15, 0.2) is 5.82 Å². The SMILES string of the molecule is COc1ccc2nc(N3CCN(C4CCOCC4)CC3)c(C)nc2c1. The lowest BCUT2D eigenvalue weighted by Crippen LogP contribution is -2.52. The molecule has 2 aliphatic rings. The summed E-state index contributed by atoms with van der Waals surface area (Å²) in [7, 11) is 1.67. The van der Waals surface area contributed by atoms with Crippen molar-refractivity contribution in [1.82, 2.24) is 14.9 Å². The van der Waals surface area contributed by atoms with Crippen molar-refractivity contribution in [2.24, 2.45) is 0 Å². The summed E-state index contributed by atoms with van der Waals surface area (Å²) in [5.41, 5.74) is 2.80. The number of nitrogens with zero attached hydrogens (tertiary/aromatic N) is 4. The molecule has 0 saturated carbocycles. The van der Waals surface area contributed by atoms with Gasteiger partial charge in [0.2, 0.25) is 0 Å². The van der Waals surface area contributed by atoms with Gasteiger partial charge in [0.25, 0.3) is 0 Å². The molecule has 1 aromatic carbocycles. The Bertz CT molecular complexity index is 738. The van der Waals surface area contributed by atoms with E-state index in [-0.39, 0.29) is 0 Å². The van der Waals surface area contributed by atoms with Crippen LogP contribution < -0.4 is 9.64 Å². The summed E-state index contributed by atoms with van der Waals surface area (Å²) in [5, 5.41) is 0. The molecule has 0 bridgehead atoms. The van der Waals surface area contributed by atoms with E-state index in [0.717, 1.165) is 80.5 Å². The second-order valence-electron chi connectivity index (χ2n) is 6.85. The standard InChI is InChI=1S/C19H26N4O2/c1-14-19(21-17-4-3-16(24-2)13-18(17)20-14)23-9-7-22(8-10-23)15-5-11-25-12-6-15/h3-4,13,15H,5-12H2,1-2H3. The Kier molecular flexibility index (Phi) is 4.72. The van der Waals surface area contributed by atoms with Crippen LogP contribution in [0.15, 0.2) is 18.2 Å². The van der Waals surface area contributed by atoms with Crippen molar-refractivity contribution in [2.45, 2.75) is 25.8 Å². The monoisotopic (exact) mass is 342 g/mol. The average Bonchev–Trinajstić information content (AvgIpc) is 2.68. The van der Waals surface area contributed by atoms with E-state index < -0.39 is 0 Å². The number of benzene rings is 1. The number of piperazine rings is 1. The number of aromatic nitrogens is 2. The summed E-state index contributed by atoms with van der Waals surface area (Å²) < 4.78 is 10.8. The Morgan fingerprint density at radius 1 is 1.04 bits per heavy atom. The van der Waals surface area contributed by atoms with Crippen LogP contribution in [0.5, 0.6) is 5.75 Å². The van der Waals surface area contributed by atoms with E-state index in [2.05, 4.69) is 9.80 Å². The first-order valence-electron chi connectivity index (χ1n) is 9.14. The first-order chi connectivity index (χ1) is 12.2. The normalized spacial score (nSPS) is 20.2. The van der Waals surface area contributed by atoms with Crippen molar-refractivity contribution in [3.05, 3.63) is 23.9 Å². The second kappa shape index (κ2) is 7.14. The van der Waals surface area contributed by atoms with E-state index in [0.29, 0.717) is 6.04 Å². The molecule has 1 aromatic heterocycles. The topological polar surface area (TPSA) is 50.7 Å². The van der Waals surface area contributed by atoms with Gasteiger partial charge in [-0.05, 0) is 31.9 Å². The summed E-state index contributed by atoms with van der Waals surface area (Å²) in [6, 6.07) is 6.57. The van der Waals surface area contributed by atoms with Crippen molar-refractivity contribution in [3.8, 4) is 5.75 Å². The lowest BCUT2D eigenvalue weighted by Gasteiger charge is -2.41. The molecule has 0 radical (unpaired) electrons. The van der Waals surface area contributed by atoms with Gasteiger partial charge in [-0.3, -0.25) is 4.90 Å². The Morgan fingerprint density at radius 3 is 2.52 bits per heavy atom. The van der Waals surface area contributed by atoms with Gasteiger partial charge in [0, 0.05) is 51.5 Å². The maximum absolute atomic E-state index is 5.49. The third-order valence-corrected chi connectivity index (χ3v) is 5.34. The number of ether oxygens (including phenoxy) is 2. The molecule has 0 spiro atoms. The van der Waals surface area contributed by atoms with Crippen molar-refractivity contribution in [1.29, 1.82) is 0 Å². The summed E-state index contributed by atoms with van der Waals surface area (Å²) in [6.45, 7) is 8.06. The van der Waals surface area contributed by atoms with E-state index >= 15 is 0 Å². The predicted molar refractivity (Wildman–Crippen MR) is 98.5 cm³/mol. The Morgan fingerprint density at radius 2 is 1.80 bits per heavy atom. The van der Waals surface area contributed by atoms with Gasteiger partial charge in [-0.25, -0.2) is 9.97 Å². The molecule has 2 aliphatic heterocycles. The number of anilines is 1. The molecule has 0 N–H and O–H groups in total. The lowest BCUT2D eigenvalue weighted by atomic mass is 10.1. The van der Waals surface area contributed by atoms with Crippen molar-refractivity contribution < 1.29 is 9.47 Å². The van der Waals surface area contributed by atoms with Crippen LogP contribution in [-0.4, -0.2) is 67.4 Å². The molecule has 25 heavy (non-hydrogen) atoms. The van der Waals surface area contributed by atoms with E-state index in [4.69, 9.17) is 19.4 Å². The van der Waals surface area contributed by atoms with Gasteiger partial charge in [-0.2, -0.15) is 0 Å². The van der Waals surface area contributed by atoms with Gasteiger partial charge >= 0.3 is 0 Å². The van der Waals surface area contributed by atoms with Crippen LogP contribution in [0.3, 0.4) is 0 Å². The second-order valence-corrected chi connectivity index (χ2v) is 6.85. The lowest BCUT2D eigenvalue weighted by molar-refractivity contribution is 0.0321. The van der Waals surface area contributed by atoms with E-state index in [1.54, 1.807) is 7.11 Å². The number of hydrogen-bond donors (Lipinski definition) is 0. The molecule has 2 saturated heterocycles. The molecule has 0 atom stereocenters. The highest BCUT2D eigenvalue weighted by Crippen LogP contribution is 2.25. The number of methoxy groups -OCH3 is 1. The van der Waals surface area contributed by atoms with E-state index in [1.807, 2.05) is 25.1 Å². The Labute approximate surface area is 148 Å². The molecule has 0 unspecified atom stereocenters. The van der Waals surface area contributed by atoms with Crippen LogP contribution in [0.2, 0.25) is 0 Å². The highest BCUT2D eigenvalue weighted by Gasteiger charge is 2.26. The quantitative estimate of drug-likeness (QED) is 0.853. The molecular weight excluding hydrogens is 316 g/mol. The van der Waals surface area contributed by atoms with Gasteiger partial charge < -0.3 is 14.4 Å². The van der Waals surface area contributed by atoms with Crippen LogP contribution in [0.4, 0.5) is 5.82 Å². The van der Waals surface area contributed by atoms with E-state index in [9.17, 15) is 0 Å². The zero-order valence-corrected chi connectivity index (χ0v) is 15.1. The molecule has 2 fully saturated rings. The number of rotatable bonds is 3. The molecule has 3 heterocycles. The van der Waals surface area contributed by atoms with Gasteiger partial charge in [0.1, 0.15) is 5.75 Å². The molecular formula is C19H26N4O2. The summed E-state index contributed by atoms with van der Waals surface area (Å²) in [4.78, 5) is 14.6. The van der Waals surface area contributed by atoms with Crippen LogP contribution in [0.1, 0.15) is 18.5 Å². The molecule has 0 amide bonds. The fraction of sp³-hybridized carbons (Fsp3) is 0.579. The predicted octanol–water partition coefficient (Wildman–Crippen LogP) is 2.25. The zero-order chi connectivity index (χ0) is 17.2. The van der Waals surface area contributed by atoms with Crippen LogP contribution in [-0.2, 0) is 4.74 Å². The van der Waals surface area contributed by atoms with Crippen LogP contribution >= 0.6 is 0 Å². The molecule has 134 valence electrons. The van der Waals surface area contributed by atoms with Gasteiger partial charge in [-0.1, -0.05) is 0 Å². The Balaban J connectivity index is 1.49. The first kappa shape index (κ1) is 16.5. The number of hydrogen-bond acceptors (Lipinski definition) is 6. The molecule has 6 heteroatoms. The minimum atomic E-state index is 0.687. The average molecular weight is 342 g/mol. The Hall–Kier alpha value is -1.92. The third-order valence-electron chi connectivity index (χ3n) is 5.34. The number of fused-ring (bicyclic) bond motifs is 1. The molecule has 2 aromatic rings. The maximum atomic E-state index is 5.49. The minimum absolute atomic E-state index is 0.687. The highest BCUT2D eigenvalue weighted by atomic mass is 16.5. The highest BCUT2D eigenvalue weighted by molar-refractivity contribution is 5.78. The molecule has 6 nitrogen and oxygen atoms in total. The fourth-order valence-electron chi connectivity index (χ4n) is 3.89. The summed E-state index contributed by atoms with van der Waals surface area (Å²) in [6.07, 6.45) is 2.33. The van der Waals surface area contributed by atoms with Crippen LogP contribution in [0, 0.1) is 6.92 Å². The van der Waals surface area contributed by atoms with Crippen molar-refractivity contribution in [2.75, 3.05) is 51.4 Å². The largest absolute Gasteiger partial charge is 0.497 e. The van der Waals surface area contributed by atoms with E-state index in [1.165, 1.54) is 0 Å². The van der Waals surface area contributed by atoms with Crippen LogP contribution in [0.25, 0.3) is 11.0 Å². The molecule has 4 rings (SSSR count). The minimum Gasteiger partial charge on any atom is -0.497 e. The van der Waals surface area contributed by atoms with Crippen molar-refractivity contribution >= 4 is 16.9 Å². The van der Waals surface area contributed by atoms with Crippen molar-refractivity contribution in [3.63, 3.8) is 0 Å². The number of aryl methyl sites for hydroxylation is 1. The molecule has 0 aliphatic carbocycles. The first-order valence-corrected chi connectivity index (χ1v) is 9.14. The summed E-state index contributed by atoms with van der Waals surface area (Å²) >= 11 is 0. The smallest absolute Gasteiger partial charge is 0.150 e. The summed E-state index contributed by atoms with van der Waals surface area (Å²) in [5.74, 6) is 1.84. The van der Waals surface area contributed by atoms with Gasteiger partial charge in [-0.15, -0.1) is 0 Å². The third kappa shape index (κ3) is 3.41. The maximum Gasteiger partial charge on any atom is 0.150 e. The fourth-order valence-corrected chi connectivity index (χ4v) is 3.89.